The van der Waals surface area contributed by atoms with Crippen LogP contribution in [0.3, 0.4) is 0 Å². The van der Waals surface area contributed by atoms with Gasteiger partial charge in [-0.1, -0.05) is 33.3 Å². The van der Waals surface area contributed by atoms with Crippen LogP contribution >= 0.6 is 0 Å². The molecule has 0 atom stereocenters. The van der Waals surface area contributed by atoms with E-state index in [2.05, 4.69) is 73.5 Å². The third-order valence-corrected chi connectivity index (χ3v) is 5.74. The summed E-state index contributed by atoms with van der Waals surface area (Å²) in [5.41, 5.74) is 1.21. The number of terminal acetylenes is 1. The van der Waals surface area contributed by atoms with Gasteiger partial charge in [0.05, 0.1) is 0 Å². The van der Waals surface area contributed by atoms with Gasteiger partial charge in [0.2, 0.25) is 5.91 Å². The largest absolute Gasteiger partial charge is 0.372 e. The molecule has 2 rings (SSSR count). The van der Waals surface area contributed by atoms with Crippen molar-refractivity contribution in [2.75, 3.05) is 39.3 Å². The first-order valence-corrected chi connectivity index (χ1v) is 12.1. The molecule has 0 aliphatic carbocycles. The summed E-state index contributed by atoms with van der Waals surface area (Å²) in [6.45, 7) is 16.6. The second kappa shape index (κ2) is 15.1. The molecule has 0 spiro atoms. The highest BCUT2D eigenvalue weighted by Crippen LogP contribution is 2.24. The SMILES string of the molecule is C#CC/C=C(\C=C/CC)N1CCC(C(=O)N2CCCN(C(C)C)CC2)CC1.CCC. The van der Waals surface area contributed by atoms with Crippen molar-refractivity contribution in [2.24, 2.45) is 5.92 Å². The Bertz CT molecular complexity index is 580. The molecule has 2 heterocycles. The van der Waals surface area contributed by atoms with E-state index >= 15 is 0 Å². The van der Waals surface area contributed by atoms with Gasteiger partial charge in [0.1, 0.15) is 0 Å². The van der Waals surface area contributed by atoms with Crippen molar-refractivity contribution in [1.29, 1.82) is 0 Å². The zero-order valence-electron chi connectivity index (χ0n) is 20.2. The van der Waals surface area contributed by atoms with Crippen LogP contribution in [0.4, 0.5) is 0 Å². The van der Waals surface area contributed by atoms with Gasteiger partial charge >= 0.3 is 0 Å². The summed E-state index contributed by atoms with van der Waals surface area (Å²) >= 11 is 0. The summed E-state index contributed by atoms with van der Waals surface area (Å²) in [7, 11) is 0. The number of nitrogens with zero attached hydrogens (tertiary/aromatic N) is 3. The van der Waals surface area contributed by atoms with Gasteiger partial charge in [-0.05, 0) is 51.7 Å². The Morgan fingerprint density at radius 1 is 1.03 bits per heavy atom. The molecule has 4 nitrogen and oxygen atoms in total. The molecule has 1 amide bonds. The minimum atomic E-state index is 0.177. The summed E-state index contributed by atoms with van der Waals surface area (Å²) in [6, 6.07) is 0.563. The smallest absolute Gasteiger partial charge is 0.225 e. The Labute approximate surface area is 186 Å². The summed E-state index contributed by atoms with van der Waals surface area (Å²) in [4.78, 5) is 20.0. The first-order valence-electron chi connectivity index (χ1n) is 12.1. The van der Waals surface area contributed by atoms with Crippen LogP contribution < -0.4 is 0 Å². The van der Waals surface area contributed by atoms with Gasteiger partial charge in [-0.2, -0.15) is 0 Å². The van der Waals surface area contributed by atoms with E-state index in [1.807, 2.05) is 0 Å². The van der Waals surface area contributed by atoms with Gasteiger partial charge in [0, 0.05) is 63.3 Å². The third-order valence-electron chi connectivity index (χ3n) is 5.74. The maximum Gasteiger partial charge on any atom is 0.225 e. The normalized spacial score (nSPS) is 19.4. The standard InChI is InChI=1S/C23H37N3O.C3H8/c1-5-7-10-22(11-8-6-2)25-16-12-21(13-17-25)23(27)26-15-9-14-24(18-19-26)20(3)4;1-3-2/h1,8,10-11,20-21H,6-7,9,12-19H2,2-4H3;3H2,1-2H3/b11-8-,22-10+;. The van der Waals surface area contributed by atoms with Gasteiger partial charge in [-0.15, -0.1) is 12.3 Å². The van der Waals surface area contributed by atoms with Gasteiger partial charge < -0.3 is 9.80 Å². The van der Waals surface area contributed by atoms with Crippen molar-refractivity contribution in [3.63, 3.8) is 0 Å². The fourth-order valence-corrected chi connectivity index (χ4v) is 4.02. The van der Waals surface area contributed by atoms with Crippen LogP contribution in [0, 0.1) is 18.3 Å². The number of carbonyl (C=O) groups excluding carboxylic acids is 1. The molecule has 0 saturated carbocycles. The quantitative estimate of drug-likeness (QED) is 0.454. The number of rotatable bonds is 6. The van der Waals surface area contributed by atoms with E-state index in [-0.39, 0.29) is 5.92 Å². The van der Waals surface area contributed by atoms with E-state index in [4.69, 9.17) is 6.42 Å². The van der Waals surface area contributed by atoms with E-state index in [9.17, 15) is 4.79 Å². The molecule has 30 heavy (non-hydrogen) atoms. The Kier molecular flexibility index (Phi) is 13.3. The highest BCUT2D eigenvalue weighted by Gasteiger charge is 2.30. The van der Waals surface area contributed by atoms with E-state index in [1.54, 1.807) is 0 Å². The zero-order chi connectivity index (χ0) is 22.4. The second-order valence-corrected chi connectivity index (χ2v) is 8.62. The molecular weight excluding hydrogens is 370 g/mol. The van der Waals surface area contributed by atoms with Crippen molar-refractivity contribution in [3.05, 3.63) is 23.9 Å². The van der Waals surface area contributed by atoms with Crippen LogP contribution in [0.25, 0.3) is 0 Å². The first kappa shape index (κ1) is 26.3. The first-order chi connectivity index (χ1) is 14.5. The number of hydrogen-bond acceptors (Lipinski definition) is 3. The molecule has 0 aromatic carbocycles. The molecule has 0 aromatic heterocycles. The van der Waals surface area contributed by atoms with Crippen LogP contribution in [0.1, 0.15) is 73.1 Å². The number of allylic oxidation sites excluding steroid dienone is 3. The topological polar surface area (TPSA) is 26.8 Å². The third kappa shape index (κ3) is 8.96. The van der Waals surface area contributed by atoms with Gasteiger partial charge in [-0.25, -0.2) is 0 Å². The second-order valence-electron chi connectivity index (χ2n) is 8.62. The average molecular weight is 416 g/mol. The van der Waals surface area contributed by atoms with Crippen LogP contribution in [0.2, 0.25) is 0 Å². The van der Waals surface area contributed by atoms with Crippen molar-refractivity contribution < 1.29 is 4.79 Å². The van der Waals surface area contributed by atoms with Crippen molar-refractivity contribution in [1.82, 2.24) is 14.7 Å². The molecule has 0 aromatic rings. The monoisotopic (exact) mass is 415 g/mol. The maximum absolute atomic E-state index is 13.0. The average Bonchev–Trinajstić information content (AvgIpc) is 3.01. The molecule has 0 N–H and O–H groups in total. The Morgan fingerprint density at radius 3 is 2.27 bits per heavy atom. The van der Waals surface area contributed by atoms with E-state index in [0.717, 1.165) is 65.0 Å². The molecule has 2 saturated heterocycles. The Hall–Kier alpha value is -1.73. The lowest BCUT2D eigenvalue weighted by atomic mass is 9.94. The number of hydrogen-bond donors (Lipinski definition) is 0. The predicted molar refractivity (Wildman–Crippen MR) is 129 cm³/mol. The number of carbonyl (C=O) groups is 1. The molecular formula is C26H45N3O. The lowest BCUT2D eigenvalue weighted by Crippen LogP contribution is -2.43. The molecule has 2 aliphatic heterocycles. The van der Waals surface area contributed by atoms with Gasteiger partial charge in [0.15, 0.2) is 0 Å². The summed E-state index contributed by atoms with van der Waals surface area (Å²) in [6.07, 6.45) is 17.8. The van der Waals surface area contributed by atoms with Crippen LogP contribution in [-0.4, -0.2) is 65.9 Å². The lowest BCUT2D eigenvalue weighted by Gasteiger charge is -2.36. The molecule has 4 heteroatoms. The van der Waals surface area contributed by atoms with E-state index < -0.39 is 0 Å². The lowest BCUT2D eigenvalue weighted by molar-refractivity contribution is -0.136. The summed E-state index contributed by atoms with van der Waals surface area (Å²) in [5, 5.41) is 0. The minimum Gasteiger partial charge on any atom is -0.372 e. The summed E-state index contributed by atoms with van der Waals surface area (Å²) < 4.78 is 0. The van der Waals surface area contributed by atoms with Crippen molar-refractivity contribution >= 4 is 5.91 Å². The highest BCUT2D eigenvalue weighted by atomic mass is 16.2. The molecule has 170 valence electrons. The number of likely N-dealkylation sites (tertiary alicyclic amines) is 1. The van der Waals surface area contributed by atoms with Crippen LogP contribution in [-0.2, 0) is 4.79 Å². The molecule has 0 bridgehead atoms. The van der Waals surface area contributed by atoms with E-state index in [1.165, 1.54) is 12.1 Å². The fraction of sp³-hybridized carbons (Fsp3) is 0.731. The van der Waals surface area contributed by atoms with Crippen molar-refractivity contribution in [3.8, 4) is 12.3 Å². The molecule has 2 aliphatic rings. The highest BCUT2D eigenvalue weighted by molar-refractivity contribution is 5.79. The Balaban J connectivity index is 0.00000141. The van der Waals surface area contributed by atoms with Gasteiger partial charge in [-0.3, -0.25) is 9.69 Å². The molecule has 0 unspecified atom stereocenters. The van der Waals surface area contributed by atoms with Gasteiger partial charge in [0.25, 0.3) is 0 Å². The number of amides is 1. The zero-order valence-corrected chi connectivity index (χ0v) is 20.2. The maximum atomic E-state index is 13.0. The molecule has 0 radical (unpaired) electrons. The molecule has 2 fully saturated rings. The summed E-state index contributed by atoms with van der Waals surface area (Å²) in [5.74, 6) is 3.25. The Morgan fingerprint density at radius 2 is 1.70 bits per heavy atom. The van der Waals surface area contributed by atoms with Crippen LogP contribution in [0.5, 0.6) is 0 Å². The van der Waals surface area contributed by atoms with E-state index in [0.29, 0.717) is 18.4 Å². The predicted octanol–water partition coefficient (Wildman–Crippen LogP) is 4.93. The van der Waals surface area contributed by atoms with Crippen molar-refractivity contribution in [2.45, 2.75) is 79.2 Å². The van der Waals surface area contributed by atoms with Crippen LogP contribution in [0.15, 0.2) is 23.9 Å². The number of piperidine rings is 1. The minimum absolute atomic E-state index is 0.177. The fourth-order valence-electron chi connectivity index (χ4n) is 4.02.